The van der Waals surface area contributed by atoms with Crippen molar-refractivity contribution in [2.75, 3.05) is 13.1 Å². The number of carbonyl (C=O) groups is 1. The summed E-state index contributed by atoms with van der Waals surface area (Å²) in [6, 6.07) is 11.6. The average Bonchev–Trinajstić information content (AvgIpc) is 3.42. The van der Waals surface area contributed by atoms with Gasteiger partial charge in [-0.05, 0) is 56.2 Å². The summed E-state index contributed by atoms with van der Waals surface area (Å²) in [6.45, 7) is 2.88. The van der Waals surface area contributed by atoms with Crippen LogP contribution in [-0.4, -0.2) is 38.8 Å². The highest BCUT2D eigenvalue weighted by Crippen LogP contribution is 2.32. The van der Waals surface area contributed by atoms with Gasteiger partial charge in [0.25, 0.3) is 0 Å². The lowest BCUT2D eigenvalue weighted by Crippen LogP contribution is -2.39. The Balaban J connectivity index is 1.31. The van der Waals surface area contributed by atoms with E-state index in [2.05, 4.69) is 10.1 Å². The molecule has 176 valence electrons. The molecular weight excluding hydrogens is 428 g/mol. The number of hydrogen-bond acceptors (Lipinski definition) is 5. The second kappa shape index (κ2) is 9.33. The minimum absolute atomic E-state index is 0.259. The summed E-state index contributed by atoms with van der Waals surface area (Å²) in [5.74, 6) is 1.01. The number of rotatable bonds is 5. The van der Waals surface area contributed by atoms with Gasteiger partial charge in [0, 0.05) is 53.1 Å². The maximum Gasteiger partial charge on any atom is 0.410 e. The molecule has 1 aromatic carbocycles. The summed E-state index contributed by atoms with van der Waals surface area (Å²) in [6.07, 6.45) is 5.44. The summed E-state index contributed by atoms with van der Waals surface area (Å²) >= 11 is 0. The van der Waals surface area contributed by atoms with Crippen molar-refractivity contribution in [1.82, 2.24) is 19.6 Å². The van der Waals surface area contributed by atoms with E-state index >= 15 is 0 Å². The van der Waals surface area contributed by atoms with E-state index < -0.39 is 6.98 Å². The highest BCUT2D eigenvalue weighted by Gasteiger charge is 2.25. The predicted molar refractivity (Wildman–Crippen MR) is 130 cm³/mol. The van der Waals surface area contributed by atoms with Crippen LogP contribution >= 0.6 is 0 Å². The molecule has 3 aromatic heterocycles. The van der Waals surface area contributed by atoms with Crippen LogP contribution in [0, 0.1) is 19.8 Å². The van der Waals surface area contributed by atoms with E-state index in [1.54, 1.807) is 17.3 Å². The summed E-state index contributed by atoms with van der Waals surface area (Å²) < 4.78 is 36.1. The first-order chi connectivity index (χ1) is 17.7. The lowest BCUT2D eigenvalue weighted by Gasteiger charge is -2.31. The van der Waals surface area contributed by atoms with Crippen LogP contribution in [0.3, 0.4) is 0 Å². The highest BCUT2D eigenvalue weighted by atomic mass is 16.6. The second-order valence-electron chi connectivity index (χ2n) is 8.99. The minimum atomic E-state index is -2.33. The molecule has 1 amide bonds. The first kappa shape index (κ1) is 18.8. The van der Waals surface area contributed by atoms with E-state index in [9.17, 15) is 4.79 Å². The lowest BCUT2D eigenvalue weighted by molar-refractivity contribution is 0.0823. The molecule has 0 bridgehead atoms. The van der Waals surface area contributed by atoms with Crippen LogP contribution in [0.4, 0.5) is 4.79 Å². The van der Waals surface area contributed by atoms with Crippen LogP contribution in [0.1, 0.15) is 39.5 Å². The number of benzene rings is 1. The molecule has 0 atom stereocenters. The fourth-order valence-corrected chi connectivity index (χ4v) is 4.81. The smallest absolute Gasteiger partial charge is 0.410 e. The molecule has 34 heavy (non-hydrogen) atoms. The number of aryl methyl sites for hydroxylation is 3. The van der Waals surface area contributed by atoms with E-state index in [4.69, 9.17) is 13.4 Å². The number of fused-ring (bicyclic) bond motifs is 1. The van der Waals surface area contributed by atoms with Crippen molar-refractivity contribution in [3.8, 4) is 11.1 Å². The Morgan fingerprint density at radius 2 is 2.03 bits per heavy atom. The van der Waals surface area contributed by atoms with Gasteiger partial charge in [-0.2, -0.15) is 0 Å². The third-order valence-electron chi connectivity index (χ3n) is 6.63. The number of piperidine rings is 1. The number of amides is 1. The first-order valence-corrected chi connectivity index (χ1v) is 11.6. The molecule has 7 nitrogen and oxygen atoms in total. The zero-order chi connectivity index (χ0) is 26.2. The van der Waals surface area contributed by atoms with Gasteiger partial charge in [-0.3, -0.25) is 0 Å². The molecule has 7 heteroatoms. The zero-order valence-corrected chi connectivity index (χ0v) is 19.5. The molecule has 1 aliphatic heterocycles. The maximum atomic E-state index is 12.5. The fourth-order valence-electron chi connectivity index (χ4n) is 4.81. The van der Waals surface area contributed by atoms with Crippen LogP contribution in [-0.2, 0) is 24.7 Å². The lowest BCUT2D eigenvalue weighted by atomic mass is 9.90. The van der Waals surface area contributed by atoms with E-state index in [-0.39, 0.29) is 12.7 Å². The quantitative estimate of drug-likeness (QED) is 0.396. The Bertz CT molecular complexity index is 1380. The predicted octanol–water partition coefficient (Wildman–Crippen LogP) is 5.44. The van der Waals surface area contributed by atoms with Crippen LogP contribution in [0.15, 0.2) is 53.3 Å². The summed E-state index contributed by atoms with van der Waals surface area (Å²) in [5.41, 5.74) is 4.83. The number of hydrogen-bond donors (Lipinski definition) is 0. The molecule has 0 radical (unpaired) electrons. The molecule has 4 heterocycles. The molecule has 1 saturated heterocycles. The largest absolute Gasteiger partial charge is 0.445 e. The fraction of sp³-hybridized carbons (Fsp3) is 0.370. The number of likely N-dealkylation sites (tertiary alicyclic amines) is 1. The molecule has 1 fully saturated rings. The van der Waals surface area contributed by atoms with Crippen LogP contribution in [0.5, 0.6) is 0 Å². The van der Waals surface area contributed by atoms with Crippen LogP contribution in [0.2, 0.25) is 0 Å². The Labute approximate surface area is 203 Å². The SMILES string of the molecule is [2H]C([2H])([2H])n1cc(CC2CCN(C(=O)OCc3ccccc3)CC2)c2cc(-c3c(C)noc3C)cnc21. The molecular formula is C27H30N4O3. The molecule has 0 unspecified atom stereocenters. The van der Waals surface area contributed by atoms with Gasteiger partial charge in [-0.25, -0.2) is 9.78 Å². The van der Waals surface area contributed by atoms with Crippen LogP contribution < -0.4 is 0 Å². The molecule has 0 aliphatic carbocycles. The third-order valence-corrected chi connectivity index (χ3v) is 6.63. The van der Waals surface area contributed by atoms with E-state index in [0.29, 0.717) is 36.8 Å². The normalized spacial score (nSPS) is 16.3. The molecule has 0 spiro atoms. The van der Waals surface area contributed by atoms with Crippen molar-refractivity contribution in [2.45, 2.75) is 39.7 Å². The second-order valence-corrected chi connectivity index (χ2v) is 8.99. The number of ether oxygens (including phenoxy) is 1. The molecule has 0 N–H and O–H groups in total. The van der Waals surface area contributed by atoms with Gasteiger partial charge in [0.15, 0.2) is 0 Å². The van der Waals surface area contributed by atoms with Gasteiger partial charge in [-0.15, -0.1) is 0 Å². The van der Waals surface area contributed by atoms with Crippen molar-refractivity contribution < 1.29 is 18.2 Å². The highest BCUT2D eigenvalue weighted by molar-refractivity contribution is 5.86. The van der Waals surface area contributed by atoms with Crippen molar-refractivity contribution >= 4 is 17.1 Å². The summed E-state index contributed by atoms with van der Waals surface area (Å²) in [4.78, 5) is 18.8. The number of nitrogens with zero attached hydrogens (tertiary/aromatic N) is 4. The first-order valence-electron chi connectivity index (χ1n) is 13.1. The molecule has 0 saturated carbocycles. The van der Waals surface area contributed by atoms with E-state index in [1.807, 2.05) is 50.2 Å². The average molecular weight is 462 g/mol. The summed E-state index contributed by atoms with van der Waals surface area (Å²) in [7, 11) is 0. The number of pyridine rings is 1. The van der Waals surface area contributed by atoms with Gasteiger partial charge in [-0.1, -0.05) is 35.5 Å². The van der Waals surface area contributed by atoms with Gasteiger partial charge < -0.3 is 18.7 Å². The van der Waals surface area contributed by atoms with Crippen molar-refractivity contribution in [1.29, 1.82) is 0 Å². The monoisotopic (exact) mass is 461 g/mol. The Hall–Kier alpha value is -3.61. The molecule has 1 aliphatic rings. The molecule has 5 rings (SSSR count). The summed E-state index contributed by atoms with van der Waals surface area (Å²) in [5, 5.41) is 4.86. The van der Waals surface area contributed by atoms with Crippen molar-refractivity contribution in [3.63, 3.8) is 0 Å². The maximum absolute atomic E-state index is 12.5. The van der Waals surface area contributed by atoms with Crippen molar-refractivity contribution in [3.05, 3.63) is 71.4 Å². The van der Waals surface area contributed by atoms with E-state index in [0.717, 1.165) is 46.2 Å². The van der Waals surface area contributed by atoms with Gasteiger partial charge >= 0.3 is 6.09 Å². The zero-order valence-electron chi connectivity index (χ0n) is 22.5. The van der Waals surface area contributed by atoms with Gasteiger partial charge in [0.05, 0.1) is 5.69 Å². The van der Waals surface area contributed by atoms with Gasteiger partial charge in [0.1, 0.15) is 18.0 Å². The van der Waals surface area contributed by atoms with E-state index in [1.165, 1.54) is 4.57 Å². The topological polar surface area (TPSA) is 73.4 Å². The Kier molecular flexibility index (Phi) is 5.15. The Morgan fingerprint density at radius 1 is 1.24 bits per heavy atom. The standard InChI is InChI=1S/C27H30N4O3/c1-18-25(19(2)34-29-18)22-14-24-23(16-30(3)26(24)28-15-22)13-20-9-11-31(12-10-20)27(32)33-17-21-7-5-4-6-8-21/h4-8,14-16,20H,9-13,17H2,1-3H3/i3D3. The van der Waals surface area contributed by atoms with Crippen molar-refractivity contribution in [2.24, 2.45) is 12.9 Å². The van der Waals surface area contributed by atoms with Crippen LogP contribution in [0.25, 0.3) is 22.2 Å². The minimum Gasteiger partial charge on any atom is -0.445 e. The third kappa shape index (κ3) is 4.42. The number of carbonyl (C=O) groups excluding carboxylic acids is 1. The number of aromatic nitrogens is 3. The Morgan fingerprint density at radius 3 is 2.74 bits per heavy atom. The molecule has 4 aromatic rings. The van der Waals surface area contributed by atoms with Gasteiger partial charge in [0.2, 0.25) is 0 Å².